The van der Waals surface area contributed by atoms with Crippen LogP contribution in [0.25, 0.3) is 17.2 Å². The van der Waals surface area contributed by atoms with Gasteiger partial charge in [0.15, 0.2) is 5.65 Å². The molecule has 2 aromatic heterocycles. The first-order chi connectivity index (χ1) is 10.8. The van der Waals surface area contributed by atoms with E-state index in [1.165, 1.54) is 0 Å². The highest BCUT2D eigenvalue weighted by Gasteiger charge is 2.12. The predicted molar refractivity (Wildman–Crippen MR) is 105 cm³/mol. The minimum absolute atomic E-state index is 0.516. The van der Waals surface area contributed by atoms with Gasteiger partial charge in [-0.05, 0) is 48.0 Å². The average molecular weight is 400 g/mol. The van der Waals surface area contributed by atoms with E-state index in [-0.39, 0.29) is 0 Å². The second kappa shape index (κ2) is 7.81. The third-order valence-electron chi connectivity index (χ3n) is 3.44. The summed E-state index contributed by atoms with van der Waals surface area (Å²) in [4.78, 5) is 9.32. The lowest BCUT2D eigenvalue weighted by atomic mass is 10.2. The number of ether oxygens (including phenoxy) is 1. The summed E-state index contributed by atoms with van der Waals surface area (Å²) in [6, 6.07) is 0. The molecule has 0 radical (unpaired) electrons. The first-order valence-electron chi connectivity index (χ1n) is 7.75. The number of allylic oxidation sites excluding steroid dienone is 1. The highest BCUT2D eigenvalue weighted by Crippen LogP contribution is 2.33. The van der Waals surface area contributed by atoms with Crippen molar-refractivity contribution < 1.29 is 4.74 Å². The van der Waals surface area contributed by atoms with Gasteiger partial charge in [0.1, 0.15) is 16.9 Å². The Kier molecular flexibility index (Phi) is 6.28. The molecule has 0 saturated heterocycles. The van der Waals surface area contributed by atoms with Crippen molar-refractivity contribution in [2.75, 3.05) is 31.1 Å². The van der Waals surface area contributed by atoms with Gasteiger partial charge in [-0.3, -0.25) is 0 Å². The van der Waals surface area contributed by atoms with E-state index >= 15 is 0 Å². The van der Waals surface area contributed by atoms with Gasteiger partial charge in [0.25, 0.3) is 0 Å². The largest absolute Gasteiger partial charge is 0.360 e. The summed E-state index contributed by atoms with van der Waals surface area (Å²) in [6.45, 7) is 5.38. The van der Waals surface area contributed by atoms with Gasteiger partial charge in [-0.2, -0.15) is 0 Å². The van der Waals surface area contributed by atoms with E-state index < -0.39 is 10.0 Å². The molecular weight excluding hydrogens is 374 g/mol. The van der Waals surface area contributed by atoms with Gasteiger partial charge in [-0.15, -0.1) is 0 Å². The number of hydrogen-bond donors (Lipinski definition) is 0. The summed E-state index contributed by atoms with van der Waals surface area (Å²) < 4.78 is 8.72. The van der Waals surface area contributed by atoms with Crippen LogP contribution >= 0.6 is 26.0 Å². The lowest BCUT2D eigenvalue weighted by molar-refractivity contribution is 0.0923. The van der Waals surface area contributed by atoms with Crippen molar-refractivity contribution in [1.82, 2.24) is 14.5 Å². The van der Waals surface area contributed by atoms with E-state index in [2.05, 4.69) is 74.5 Å². The van der Waals surface area contributed by atoms with Crippen molar-refractivity contribution in [3.05, 3.63) is 28.1 Å². The molecular formula is C17H26BrN3OS. The molecule has 2 rings (SSSR count). The molecule has 0 saturated carbocycles. The summed E-state index contributed by atoms with van der Waals surface area (Å²) in [5.41, 5.74) is 3.77. The van der Waals surface area contributed by atoms with Gasteiger partial charge in [0.05, 0.1) is 12.3 Å². The van der Waals surface area contributed by atoms with Crippen molar-refractivity contribution in [2.24, 2.45) is 0 Å². The Morgan fingerprint density at radius 2 is 2.04 bits per heavy atom. The van der Waals surface area contributed by atoms with Crippen LogP contribution in [0.15, 0.2) is 16.9 Å². The molecule has 2 aromatic rings. The summed E-state index contributed by atoms with van der Waals surface area (Å²) in [5, 5.41) is 0. The minimum Gasteiger partial charge on any atom is -0.360 e. The number of nitrogens with zero attached hydrogens (tertiary/aromatic N) is 3. The summed E-state index contributed by atoms with van der Waals surface area (Å²) in [6.07, 6.45) is 14.2. The fourth-order valence-corrected chi connectivity index (χ4v) is 2.99. The Hall–Kier alpha value is -0.850. The molecule has 0 aliphatic carbocycles. The molecule has 2 heterocycles. The van der Waals surface area contributed by atoms with Crippen LogP contribution in [0, 0.1) is 6.92 Å². The van der Waals surface area contributed by atoms with Gasteiger partial charge in [-0.1, -0.05) is 19.1 Å². The van der Waals surface area contributed by atoms with Gasteiger partial charge in [-0.25, -0.2) is 20.0 Å². The Bertz CT molecular complexity index is 704. The standard InChI is InChI=1S/C17H26BrN3OS/c1-6-7-8-14-11-21(12-22-9-10-23(3,4)5)17-15(14)20-16(18)13(2)19-17/h7-8,11H,6,9-10,12H2,1-5H3/b8-7-. The molecule has 0 unspecified atom stereocenters. The summed E-state index contributed by atoms with van der Waals surface area (Å²) >= 11 is 3.48. The maximum atomic E-state index is 5.87. The third-order valence-corrected chi connectivity index (χ3v) is 5.58. The zero-order valence-electron chi connectivity index (χ0n) is 14.6. The Balaban J connectivity index is 2.25. The van der Waals surface area contributed by atoms with Crippen molar-refractivity contribution in [2.45, 2.75) is 27.0 Å². The molecule has 23 heavy (non-hydrogen) atoms. The fourth-order valence-electron chi connectivity index (χ4n) is 2.11. The molecule has 0 N–H and O–H groups in total. The third kappa shape index (κ3) is 5.06. The normalized spacial score (nSPS) is 13.3. The average Bonchev–Trinajstić information content (AvgIpc) is 2.78. The van der Waals surface area contributed by atoms with Crippen molar-refractivity contribution in [3.8, 4) is 0 Å². The van der Waals surface area contributed by atoms with Crippen LogP contribution in [0.1, 0.15) is 24.6 Å². The molecule has 6 heteroatoms. The fraction of sp³-hybridized carbons (Fsp3) is 0.529. The molecule has 0 amide bonds. The molecule has 128 valence electrons. The number of aryl methyl sites for hydroxylation is 1. The number of aromatic nitrogens is 3. The lowest BCUT2D eigenvalue weighted by Gasteiger charge is -2.24. The molecule has 0 aliphatic rings. The maximum absolute atomic E-state index is 5.87. The first kappa shape index (κ1) is 18.5. The van der Waals surface area contributed by atoms with Crippen LogP contribution in [0.2, 0.25) is 0 Å². The zero-order valence-corrected chi connectivity index (χ0v) is 17.0. The smallest absolute Gasteiger partial charge is 0.161 e. The summed E-state index contributed by atoms with van der Waals surface area (Å²) in [7, 11) is -0.520. The van der Waals surface area contributed by atoms with Crippen LogP contribution in [0.5, 0.6) is 0 Å². The molecule has 0 fully saturated rings. The summed E-state index contributed by atoms with van der Waals surface area (Å²) in [5.74, 6) is 1.12. The monoisotopic (exact) mass is 399 g/mol. The second-order valence-electron chi connectivity index (χ2n) is 6.47. The molecule has 0 bridgehead atoms. The molecule has 0 atom stereocenters. The molecule has 0 aliphatic heterocycles. The van der Waals surface area contributed by atoms with E-state index in [0.29, 0.717) is 6.73 Å². The number of hydrogen-bond acceptors (Lipinski definition) is 3. The van der Waals surface area contributed by atoms with E-state index in [0.717, 1.165) is 45.8 Å². The van der Waals surface area contributed by atoms with Gasteiger partial charge >= 0.3 is 0 Å². The van der Waals surface area contributed by atoms with Crippen LogP contribution < -0.4 is 0 Å². The quantitative estimate of drug-likeness (QED) is 0.638. The van der Waals surface area contributed by atoms with Crippen LogP contribution in [0.4, 0.5) is 0 Å². The molecule has 4 nitrogen and oxygen atoms in total. The molecule has 0 spiro atoms. The Labute approximate surface area is 148 Å². The molecule has 0 aromatic carbocycles. The van der Waals surface area contributed by atoms with Crippen molar-refractivity contribution >= 4 is 43.2 Å². The van der Waals surface area contributed by atoms with Gasteiger partial charge in [0, 0.05) is 17.5 Å². The van der Waals surface area contributed by atoms with Crippen LogP contribution in [-0.2, 0) is 11.5 Å². The van der Waals surface area contributed by atoms with E-state index in [1.807, 2.05) is 6.92 Å². The number of halogens is 1. The van der Waals surface area contributed by atoms with Crippen LogP contribution in [-0.4, -0.2) is 45.7 Å². The predicted octanol–water partition coefficient (Wildman–Crippen LogP) is 4.59. The maximum Gasteiger partial charge on any atom is 0.161 e. The minimum atomic E-state index is -0.520. The Morgan fingerprint density at radius 1 is 1.30 bits per heavy atom. The Morgan fingerprint density at radius 3 is 2.70 bits per heavy atom. The zero-order chi connectivity index (χ0) is 17.0. The SMILES string of the molecule is CC/C=C\c1cn(COCCS(C)(C)C)c2nc(C)c(Br)nc12. The number of rotatable bonds is 7. The number of fused-ring (bicyclic) bond motifs is 1. The van der Waals surface area contributed by atoms with E-state index in [1.54, 1.807) is 0 Å². The lowest BCUT2D eigenvalue weighted by Crippen LogP contribution is -2.10. The van der Waals surface area contributed by atoms with Crippen molar-refractivity contribution in [1.29, 1.82) is 0 Å². The first-order valence-corrected chi connectivity index (χ1v) is 11.6. The second-order valence-corrected chi connectivity index (χ2v) is 11.8. The van der Waals surface area contributed by atoms with Crippen molar-refractivity contribution in [3.63, 3.8) is 0 Å². The topological polar surface area (TPSA) is 39.9 Å². The highest BCUT2D eigenvalue weighted by molar-refractivity contribution is 9.10. The van der Waals surface area contributed by atoms with E-state index in [9.17, 15) is 0 Å². The van der Waals surface area contributed by atoms with Gasteiger partial charge < -0.3 is 9.30 Å². The van der Waals surface area contributed by atoms with Crippen LogP contribution in [0.3, 0.4) is 0 Å². The van der Waals surface area contributed by atoms with E-state index in [4.69, 9.17) is 4.74 Å². The highest BCUT2D eigenvalue weighted by atomic mass is 79.9. The van der Waals surface area contributed by atoms with Gasteiger partial charge in [0.2, 0.25) is 0 Å².